The molecule has 0 radical (unpaired) electrons. The number of aromatic nitrogens is 4. The van der Waals surface area contributed by atoms with Crippen molar-refractivity contribution in [1.29, 1.82) is 0 Å². The number of benzene rings is 1. The van der Waals surface area contributed by atoms with Gasteiger partial charge in [-0.25, -0.2) is 0 Å². The van der Waals surface area contributed by atoms with Crippen LogP contribution in [-0.4, -0.2) is 37.6 Å². The Morgan fingerprint density at radius 3 is 2.60 bits per heavy atom. The number of hydrogen-bond donors (Lipinski definition) is 2. The Kier molecular flexibility index (Phi) is 11.3. The predicted molar refractivity (Wildman–Crippen MR) is 124 cm³/mol. The third-order valence-electron chi connectivity index (χ3n) is 3.59. The highest BCUT2D eigenvalue weighted by Crippen LogP contribution is 2.25. The van der Waals surface area contributed by atoms with E-state index in [1.807, 2.05) is 51.1 Å². The lowest BCUT2D eigenvalue weighted by Gasteiger charge is -2.05. The molecule has 2 N–H and O–H groups in total. The van der Waals surface area contributed by atoms with Crippen LogP contribution < -0.4 is 5.32 Å². The molecule has 0 spiro atoms. The van der Waals surface area contributed by atoms with Crippen LogP contribution in [0.25, 0.3) is 10.6 Å². The zero-order chi connectivity index (χ0) is 22.5. The highest BCUT2D eigenvalue weighted by molar-refractivity contribution is 7.14. The van der Waals surface area contributed by atoms with Crippen molar-refractivity contribution in [2.45, 2.75) is 41.2 Å². The molecule has 8 heteroatoms. The smallest absolute Gasteiger partial charge is 0.258 e. The second-order valence-electron chi connectivity index (χ2n) is 6.36. The fourth-order valence-electron chi connectivity index (χ4n) is 2.05. The molecule has 3 rings (SSSR count). The molecular weight excluding hydrogens is 398 g/mol. The number of amides is 1. The molecule has 0 bridgehead atoms. The van der Waals surface area contributed by atoms with Crippen molar-refractivity contribution in [2.24, 2.45) is 5.92 Å². The molecule has 7 nitrogen and oxygen atoms in total. The van der Waals surface area contributed by atoms with Gasteiger partial charge in [0, 0.05) is 17.4 Å². The number of aliphatic hydroxyl groups is 1. The first-order valence-corrected chi connectivity index (χ1v) is 10.7. The fraction of sp³-hybridized carbons (Fsp3) is 0.364. The lowest BCUT2D eigenvalue weighted by Crippen LogP contribution is -2.11. The summed E-state index contributed by atoms with van der Waals surface area (Å²) in [6.07, 6.45) is 4.99. The van der Waals surface area contributed by atoms with Crippen LogP contribution in [0.1, 0.15) is 43.1 Å². The van der Waals surface area contributed by atoms with Gasteiger partial charge in [-0.05, 0) is 25.0 Å². The summed E-state index contributed by atoms with van der Waals surface area (Å²) in [5, 5.41) is 25.5. The highest BCUT2D eigenvalue weighted by atomic mass is 32.1. The molecule has 0 unspecified atom stereocenters. The number of allylic oxidation sites excluding steroid dienone is 1. The van der Waals surface area contributed by atoms with Crippen LogP contribution in [0.2, 0.25) is 0 Å². The minimum Gasteiger partial charge on any atom is -0.394 e. The number of hydrogen-bond acceptors (Lipinski definition) is 6. The van der Waals surface area contributed by atoms with Crippen LogP contribution in [0.3, 0.4) is 0 Å². The maximum atomic E-state index is 12.2. The fourth-order valence-corrected chi connectivity index (χ4v) is 2.74. The summed E-state index contributed by atoms with van der Waals surface area (Å²) in [5.74, 6) is 0.398. The first-order chi connectivity index (χ1) is 14.4. The molecule has 0 aliphatic rings. The van der Waals surface area contributed by atoms with E-state index in [1.54, 1.807) is 6.20 Å². The van der Waals surface area contributed by atoms with E-state index >= 15 is 0 Å². The first-order valence-electron chi connectivity index (χ1n) is 9.90. The second-order valence-corrected chi connectivity index (χ2v) is 7.54. The van der Waals surface area contributed by atoms with Crippen molar-refractivity contribution in [3.63, 3.8) is 0 Å². The summed E-state index contributed by atoms with van der Waals surface area (Å²) in [7, 11) is 0. The molecule has 0 aliphatic carbocycles. The number of nitrogens with zero attached hydrogens (tertiary/aromatic N) is 4. The zero-order valence-corrected chi connectivity index (χ0v) is 19.1. The normalized spacial score (nSPS) is 9.83. The summed E-state index contributed by atoms with van der Waals surface area (Å²) in [4.78, 5) is 12.2. The number of aryl methyl sites for hydroxylation is 1. The average molecular weight is 430 g/mol. The standard InChI is InChI=1S/C15H15N5O2S.C5H10.C2H6/c1-10-18-19-15(23-10)11-3-2-4-13(7-11)17-14(22)12-8-16-20(9-12)5-6-21;1-4-5(2)3;1-2/h2-4,7-9,21H,5-6H2,1H3,(H,17,22);4-5H,1H2,2-3H3;1-2H3. The monoisotopic (exact) mass is 429 g/mol. The predicted octanol–water partition coefficient (Wildman–Crippen LogP) is 4.81. The van der Waals surface area contributed by atoms with Crippen LogP contribution in [0.4, 0.5) is 5.69 Å². The van der Waals surface area contributed by atoms with Crippen molar-refractivity contribution >= 4 is 22.9 Å². The minimum atomic E-state index is -0.250. The largest absolute Gasteiger partial charge is 0.394 e. The third-order valence-corrected chi connectivity index (χ3v) is 4.48. The summed E-state index contributed by atoms with van der Waals surface area (Å²) in [5.41, 5.74) is 2.02. The lowest BCUT2D eigenvalue weighted by atomic mass is 10.2. The zero-order valence-electron chi connectivity index (χ0n) is 18.3. The molecule has 162 valence electrons. The molecule has 0 aliphatic heterocycles. The Bertz CT molecular complexity index is 918. The van der Waals surface area contributed by atoms with Gasteiger partial charge >= 0.3 is 0 Å². The number of nitrogens with one attached hydrogen (secondary N) is 1. The Balaban J connectivity index is 0.000000565. The minimum absolute atomic E-state index is 0.0218. The van der Waals surface area contributed by atoms with E-state index < -0.39 is 0 Å². The molecule has 1 amide bonds. The van der Waals surface area contributed by atoms with E-state index in [0.717, 1.165) is 15.6 Å². The van der Waals surface area contributed by atoms with Gasteiger partial charge in [0.05, 0.1) is 24.9 Å². The third kappa shape index (κ3) is 8.26. The molecule has 3 aromatic rings. The summed E-state index contributed by atoms with van der Waals surface area (Å²) < 4.78 is 1.52. The molecule has 0 saturated heterocycles. The van der Waals surface area contributed by atoms with E-state index in [-0.39, 0.29) is 12.5 Å². The van der Waals surface area contributed by atoms with Gasteiger partial charge in [-0.3, -0.25) is 9.48 Å². The van der Waals surface area contributed by atoms with E-state index in [9.17, 15) is 4.79 Å². The van der Waals surface area contributed by atoms with Crippen molar-refractivity contribution in [3.05, 3.63) is 59.9 Å². The van der Waals surface area contributed by atoms with Crippen molar-refractivity contribution in [3.8, 4) is 10.6 Å². The SMILES string of the molecule is C=CC(C)C.CC.Cc1nnc(-c2cccc(NC(=O)c3cnn(CCO)c3)c2)s1. The summed E-state index contributed by atoms with van der Waals surface area (Å²) in [6.45, 7) is 14.0. The first kappa shape index (κ1) is 25.2. The maximum absolute atomic E-state index is 12.2. The van der Waals surface area contributed by atoms with Gasteiger partial charge < -0.3 is 10.4 Å². The van der Waals surface area contributed by atoms with Crippen molar-refractivity contribution in [1.82, 2.24) is 20.0 Å². The quantitative estimate of drug-likeness (QED) is 0.549. The maximum Gasteiger partial charge on any atom is 0.258 e. The van der Waals surface area contributed by atoms with Gasteiger partial charge in [-0.15, -0.1) is 16.8 Å². The van der Waals surface area contributed by atoms with Gasteiger partial charge in [0.15, 0.2) is 0 Å². The van der Waals surface area contributed by atoms with E-state index in [4.69, 9.17) is 5.11 Å². The van der Waals surface area contributed by atoms with Crippen LogP contribution >= 0.6 is 11.3 Å². The molecule has 0 atom stereocenters. The van der Waals surface area contributed by atoms with Crippen molar-refractivity contribution < 1.29 is 9.90 Å². The number of anilines is 1. The van der Waals surface area contributed by atoms with Gasteiger partial charge in [0.25, 0.3) is 5.91 Å². The van der Waals surface area contributed by atoms with E-state index in [0.29, 0.717) is 23.7 Å². The van der Waals surface area contributed by atoms with Crippen LogP contribution in [-0.2, 0) is 6.54 Å². The van der Waals surface area contributed by atoms with Crippen molar-refractivity contribution in [2.75, 3.05) is 11.9 Å². The molecule has 0 saturated carbocycles. The number of aliphatic hydroxyl groups excluding tert-OH is 1. The van der Waals surface area contributed by atoms with E-state index in [2.05, 4.69) is 41.0 Å². The number of carbonyl (C=O) groups is 1. The Morgan fingerprint density at radius 1 is 1.33 bits per heavy atom. The molecule has 2 aromatic heterocycles. The van der Waals surface area contributed by atoms with Gasteiger partial charge in [-0.2, -0.15) is 5.10 Å². The highest BCUT2D eigenvalue weighted by Gasteiger charge is 2.10. The topological polar surface area (TPSA) is 92.9 Å². The molecule has 1 aromatic carbocycles. The Labute approximate surface area is 182 Å². The average Bonchev–Trinajstić information content (AvgIpc) is 3.40. The van der Waals surface area contributed by atoms with Gasteiger partial charge in [0.1, 0.15) is 10.0 Å². The second kappa shape index (κ2) is 13.4. The number of rotatable bonds is 6. The van der Waals surface area contributed by atoms with E-state index in [1.165, 1.54) is 22.2 Å². The lowest BCUT2D eigenvalue weighted by molar-refractivity contribution is 0.102. The van der Waals surface area contributed by atoms with Gasteiger partial charge in [-0.1, -0.05) is 57.2 Å². The molecule has 0 fully saturated rings. The van der Waals surface area contributed by atoms with Crippen LogP contribution in [0, 0.1) is 12.8 Å². The number of carbonyl (C=O) groups excluding carboxylic acids is 1. The molecule has 2 heterocycles. The Hall–Kier alpha value is -2.84. The van der Waals surface area contributed by atoms with Gasteiger partial charge in [0.2, 0.25) is 0 Å². The summed E-state index contributed by atoms with van der Waals surface area (Å²) >= 11 is 1.50. The van der Waals surface area contributed by atoms with Crippen LogP contribution in [0.15, 0.2) is 49.3 Å². The van der Waals surface area contributed by atoms with Crippen LogP contribution in [0.5, 0.6) is 0 Å². The Morgan fingerprint density at radius 2 is 2.03 bits per heavy atom. The molecular formula is C22H31N5O2S. The molecule has 30 heavy (non-hydrogen) atoms. The summed E-state index contributed by atoms with van der Waals surface area (Å²) in [6, 6.07) is 7.45.